The van der Waals surface area contributed by atoms with Gasteiger partial charge in [0.2, 0.25) is 0 Å². The SMILES string of the molecule is CC(N)C(c1cccc(Cl)c1)N(C)CC1CCCO1. The predicted octanol–water partition coefficient (Wildman–Crippen LogP) is 2.84. The lowest BCUT2D eigenvalue weighted by atomic mass is 9.99. The van der Waals surface area contributed by atoms with Gasteiger partial charge in [0.15, 0.2) is 0 Å². The molecule has 1 heterocycles. The van der Waals surface area contributed by atoms with Crippen LogP contribution in [0.5, 0.6) is 0 Å². The van der Waals surface area contributed by atoms with Crippen LogP contribution in [0.1, 0.15) is 31.4 Å². The minimum Gasteiger partial charge on any atom is -0.377 e. The molecule has 4 heteroatoms. The second kappa shape index (κ2) is 6.71. The van der Waals surface area contributed by atoms with Gasteiger partial charge in [0.1, 0.15) is 0 Å². The van der Waals surface area contributed by atoms with Crippen molar-refractivity contribution < 1.29 is 4.74 Å². The van der Waals surface area contributed by atoms with E-state index in [4.69, 9.17) is 22.1 Å². The van der Waals surface area contributed by atoms with Gasteiger partial charge in [-0.05, 0) is 44.5 Å². The highest BCUT2D eigenvalue weighted by atomic mass is 35.5. The number of nitrogens with two attached hydrogens (primary N) is 1. The Morgan fingerprint density at radius 1 is 1.53 bits per heavy atom. The van der Waals surface area contributed by atoms with Crippen LogP contribution >= 0.6 is 11.6 Å². The fraction of sp³-hybridized carbons (Fsp3) is 0.600. The number of hydrogen-bond acceptors (Lipinski definition) is 3. The van der Waals surface area contributed by atoms with Crippen molar-refractivity contribution in [3.8, 4) is 0 Å². The summed E-state index contributed by atoms with van der Waals surface area (Å²) in [6.07, 6.45) is 2.65. The third-order valence-electron chi connectivity index (χ3n) is 3.68. The van der Waals surface area contributed by atoms with Gasteiger partial charge in [-0.1, -0.05) is 23.7 Å². The number of hydrogen-bond donors (Lipinski definition) is 1. The third kappa shape index (κ3) is 3.93. The summed E-state index contributed by atoms with van der Waals surface area (Å²) >= 11 is 6.08. The second-order valence-corrected chi connectivity index (χ2v) is 5.87. The van der Waals surface area contributed by atoms with Crippen LogP contribution in [0.4, 0.5) is 0 Å². The Hall–Kier alpha value is -0.610. The predicted molar refractivity (Wildman–Crippen MR) is 79.4 cm³/mol. The van der Waals surface area contributed by atoms with Crippen LogP contribution < -0.4 is 5.73 Å². The van der Waals surface area contributed by atoms with Crippen molar-refractivity contribution in [2.75, 3.05) is 20.2 Å². The van der Waals surface area contributed by atoms with E-state index < -0.39 is 0 Å². The fourth-order valence-corrected chi connectivity index (χ4v) is 3.07. The highest BCUT2D eigenvalue weighted by molar-refractivity contribution is 6.30. The van der Waals surface area contributed by atoms with E-state index in [2.05, 4.69) is 18.0 Å². The molecule has 1 aliphatic heterocycles. The highest BCUT2D eigenvalue weighted by Crippen LogP contribution is 2.26. The molecule has 3 atom stereocenters. The molecule has 19 heavy (non-hydrogen) atoms. The molecule has 1 fully saturated rings. The van der Waals surface area contributed by atoms with E-state index >= 15 is 0 Å². The van der Waals surface area contributed by atoms with Crippen LogP contribution in [-0.4, -0.2) is 37.2 Å². The fourth-order valence-electron chi connectivity index (χ4n) is 2.87. The largest absolute Gasteiger partial charge is 0.377 e. The quantitative estimate of drug-likeness (QED) is 0.902. The first-order valence-electron chi connectivity index (χ1n) is 6.91. The molecule has 0 amide bonds. The molecule has 106 valence electrons. The lowest BCUT2D eigenvalue weighted by molar-refractivity contribution is 0.0642. The van der Waals surface area contributed by atoms with Crippen molar-refractivity contribution in [3.63, 3.8) is 0 Å². The number of halogens is 1. The van der Waals surface area contributed by atoms with Crippen LogP contribution in [0.15, 0.2) is 24.3 Å². The molecule has 0 spiro atoms. The molecule has 1 aliphatic rings. The van der Waals surface area contributed by atoms with E-state index in [0.717, 1.165) is 24.6 Å². The van der Waals surface area contributed by atoms with Crippen LogP contribution in [0, 0.1) is 0 Å². The summed E-state index contributed by atoms with van der Waals surface area (Å²) in [5.41, 5.74) is 7.34. The zero-order valence-electron chi connectivity index (χ0n) is 11.7. The van der Waals surface area contributed by atoms with Crippen molar-refractivity contribution in [1.82, 2.24) is 4.90 Å². The van der Waals surface area contributed by atoms with Crippen molar-refractivity contribution in [1.29, 1.82) is 0 Å². The van der Waals surface area contributed by atoms with Crippen molar-refractivity contribution in [2.45, 2.75) is 38.0 Å². The van der Waals surface area contributed by atoms with Gasteiger partial charge in [0.05, 0.1) is 6.10 Å². The number of likely N-dealkylation sites (N-methyl/N-ethyl adjacent to an activating group) is 1. The first-order chi connectivity index (χ1) is 9.08. The van der Waals surface area contributed by atoms with Gasteiger partial charge in [-0.2, -0.15) is 0 Å². The van der Waals surface area contributed by atoms with Gasteiger partial charge < -0.3 is 10.5 Å². The molecule has 1 aromatic rings. The second-order valence-electron chi connectivity index (χ2n) is 5.43. The monoisotopic (exact) mass is 282 g/mol. The molecule has 0 aliphatic carbocycles. The van der Waals surface area contributed by atoms with E-state index in [1.165, 1.54) is 12.0 Å². The van der Waals surface area contributed by atoms with Gasteiger partial charge in [0.25, 0.3) is 0 Å². The smallest absolute Gasteiger partial charge is 0.0702 e. The average molecular weight is 283 g/mol. The molecule has 2 N–H and O–H groups in total. The number of ether oxygens (including phenoxy) is 1. The molecule has 3 nitrogen and oxygen atoms in total. The van der Waals surface area contributed by atoms with Crippen LogP contribution in [0.2, 0.25) is 5.02 Å². The maximum atomic E-state index is 6.17. The highest BCUT2D eigenvalue weighted by Gasteiger charge is 2.25. The Balaban J connectivity index is 2.10. The molecule has 0 bridgehead atoms. The van der Waals surface area contributed by atoms with Gasteiger partial charge in [-0.25, -0.2) is 0 Å². The van der Waals surface area contributed by atoms with Gasteiger partial charge in [0, 0.05) is 30.3 Å². The molecular formula is C15H23ClN2O. The van der Waals surface area contributed by atoms with Crippen LogP contribution in [0.25, 0.3) is 0 Å². The number of benzene rings is 1. The molecule has 3 unspecified atom stereocenters. The van der Waals surface area contributed by atoms with Crippen LogP contribution in [-0.2, 0) is 4.74 Å². The normalized spacial score (nSPS) is 22.7. The molecular weight excluding hydrogens is 260 g/mol. The van der Waals surface area contributed by atoms with E-state index in [1.807, 2.05) is 25.1 Å². The van der Waals surface area contributed by atoms with Gasteiger partial charge in [-0.15, -0.1) is 0 Å². The Kier molecular flexibility index (Phi) is 5.22. The molecule has 0 saturated carbocycles. The Labute approximate surface area is 120 Å². The summed E-state index contributed by atoms with van der Waals surface area (Å²) in [5, 5.41) is 0.758. The lowest BCUT2D eigenvalue weighted by Crippen LogP contribution is -2.40. The summed E-state index contributed by atoms with van der Waals surface area (Å²) in [7, 11) is 2.11. The van der Waals surface area contributed by atoms with E-state index in [0.29, 0.717) is 6.10 Å². The maximum absolute atomic E-state index is 6.17. The lowest BCUT2D eigenvalue weighted by Gasteiger charge is -2.33. The van der Waals surface area contributed by atoms with Crippen molar-refractivity contribution in [3.05, 3.63) is 34.9 Å². The zero-order valence-corrected chi connectivity index (χ0v) is 12.4. The summed E-state index contributed by atoms with van der Waals surface area (Å²) in [5.74, 6) is 0. The average Bonchev–Trinajstić information content (AvgIpc) is 2.81. The molecule has 1 saturated heterocycles. The molecule has 0 radical (unpaired) electrons. The third-order valence-corrected chi connectivity index (χ3v) is 3.91. The van der Waals surface area contributed by atoms with E-state index in [1.54, 1.807) is 0 Å². The first-order valence-corrected chi connectivity index (χ1v) is 7.28. The zero-order chi connectivity index (χ0) is 13.8. The van der Waals surface area contributed by atoms with Crippen LogP contribution in [0.3, 0.4) is 0 Å². The summed E-state index contributed by atoms with van der Waals surface area (Å²) in [6, 6.07) is 8.18. The Bertz CT molecular complexity index is 405. The van der Waals surface area contributed by atoms with E-state index in [-0.39, 0.29) is 12.1 Å². The van der Waals surface area contributed by atoms with Gasteiger partial charge >= 0.3 is 0 Å². The Morgan fingerprint density at radius 3 is 2.89 bits per heavy atom. The number of nitrogens with zero attached hydrogens (tertiary/aromatic N) is 1. The first kappa shape index (κ1) is 14.8. The minimum atomic E-state index is 0.0462. The van der Waals surface area contributed by atoms with Gasteiger partial charge in [-0.3, -0.25) is 4.90 Å². The van der Waals surface area contributed by atoms with E-state index in [9.17, 15) is 0 Å². The number of rotatable bonds is 5. The molecule has 2 rings (SSSR count). The summed E-state index contributed by atoms with van der Waals surface area (Å²) in [6.45, 7) is 3.84. The summed E-state index contributed by atoms with van der Waals surface area (Å²) in [4.78, 5) is 2.28. The molecule has 0 aromatic heterocycles. The summed E-state index contributed by atoms with van der Waals surface area (Å²) < 4.78 is 5.70. The standard InChI is InChI=1S/C15H23ClN2O/c1-11(17)15(12-5-3-6-13(16)9-12)18(2)10-14-7-4-8-19-14/h3,5-6,9,11,14-15H,4,7-8,10,17H2,1-2H3. The molecule has 1 aromatic carbocycles. The van der Waals surface area contributed by atoms with Crippen molar-refractivity contribution >= 4 is 11.6 Å². The maximum Gasteiger partial charge on any atom is 0.0702 e. The van der Waals surface area contributed by atoms with Crippen molar-refractivity contribution in [2.24, 2.45) is 5.73 Å². The minimum absolute atomic E-state index is 0.0462. The Morgan fingerprint density at radius 2 is 2.32 bits per heavy atom. The topological polar surface area (TPSA) is 38.5 Å².